The summed E-state index contributed by atoms with van der Waals surface area (Å²) in [5.41, 5.74) is 1.31. The van der Waals surface area contributed by atoms with Crippen LogP contribution in [-0.2, 0) is 18.4 Å². The van der Waals surface area contributed by atoms with Gasteiger partial charge in [-0.05, 0) is 12.1 Å². The van der Waals surface area contributed by atoms with Gasteiger partial charge in [-0.1, -0.05) is 6.07 Å². The van der Waals surface area contributed by atoms with Crippen LogP contribution < -0.4 is 0 Å². The van der Waals surface area contributed by atoms with E-state index in [9.17, 15) is 14.9 Å². The van der Waals surface area contributed by atoms with E-state index >= 15 is 0 Å². The molecular formula is C15H13N5O4. The molecule has 2 heterocycles. The number of nitro benzene ring substituents is 1. The molecule has 24 heavy (non-hydrogen) atoms. The number of nitro groups is 1. The molecule has 0 bridgehead atoms. The van der Waals surface area contributed by atoms with Crippen molar-refractivity contribution < 1.29 is 14.5 Å². The first-order valence-corrected chi connectivity index (χ1v) is 6.98. The highest BCUT2D eigenvalue weighted by Crippen LogP contribution is 2.16. The molecule has 0 aliphatic carbocycles. The Morgan fingerprint density at radius 1 is 1.38 bits per heavy atom. The second-order valence-electron chi connectivity index (χ2n) is 5.02. The monoisotopic (exact) mass is 327 g/mol. The molecule has 0 N–H and O–H groups in total. The molecule has 0 radical (unpaired) electrons. The van der Waals surface area contributed by atoms with Gasteiger partial charge < -0.3 is 4.74 Å². The van der Waals surface area contributed by atoms with Gasteiger partial charge in [-0.3, -0.25) is 14.8 Å². The Labute approximate surface area is 136 Å². The van der Waals surface area contributed by atoms with Crippen molar-refractivity contribution in [3.05, 3.63) is 70.3 Å². The Bertz CT molecular complexity index is 899. The van der Waals surface area contributed by atoms with E-state index in [-0.39, 0.29) is 18.0 Å². The van der Waals surface area contributed by atoms with Gasteiger partial charge in [-0.15, -0.1) is 0 Å². The van der Waals surface area contributed by atoms with Crippen molar-refractivity contribution in [3.63, 3.8) is 0 Å². The molecule has 9 nitrogen and oxygen atoms in total. The third-order valence-electron chi connectivity index (χ3n) is 3.23. The third-order valence-corrected chi connectivity index (χ3v) is 3.23. The van der Waals surface area contributed by atoms with Crippen molar-refractivity contribution in [3.8, 4) is 5.69 Å². The first-order chi connectivity index (χ1) is 11.5. The zero-order valence-corrected chi connectivity index (χ0v) is 12.7. The summed E-state index contributed by atoms with van der Waals surface area (Å²) in [6, 6.07) is 7.46. The SMILES string of the molecule is Cn1cc(COC(=O)c2ccn(-c3cccc([N+](=O)[O-])c3)n2)cn1. The standard InChI is InChI=1S/C15H13N5O4/c1-18-9-11(8-16-18)10-24-15(21)14-5-6-19(17-14)12-3-2-4-13(7-12)20(22)23/h2-9H,10H2,1H3. The van der Waals surface area contributed by atoms with E-state index < -0.39 is 10.9 Å². The normalized spacial score (nSPS) is 10.5. The van der Waals surface area contributed by atoms with Crippen LogP contribution in [0.5, 0.6) is 0 Å². The predicted octanol–water partition coefficient (Wildman–Crippen LogP) is 1.87. The minimum Gasteiger partial charge on any atom is -0.456 e. The number of hydrogen-bond acceptors (Lipinski definition) is 6. The fraction of sp³-hybridized carbons (Fsp3) is 0.133. The molecule has 0 amide bonds. The molecule has 0 saturated carbocycles. The number of ether oxygens (including phenoxy) is 1. The molecule has 9 heteroatoms. The van der Waals surface area contributed by atoms with Crippen LogP contribution in [0.25, 0.3) is 5.69 Å². The maximum Gasteiger partial charge on any atom is 0.359 e. The predicted molar refractivity (Wildman–Crippen MR) is 82.5 cm³/mol. The highest BCUT2D eigenvalue weighted by Gasteiger charge is 2.14. The second kappa shape index (κ2) is 6.32. The number of hydrogen-bond donors (Lipinski definition) is 0. The van der Waals surface area contributed by atoms with E-state index in [2.05, 4.69) is 10.2 Å². The third kappa shape index (κ3) is 3.29. The summed E-state index contributed by atoms with van der Waals surface area (Å²) >= 11 is 0. The van der Waals surface area contributed by atoms with Crippen molar-refractivity contribution in [1.82, 2.24) is 19.6 Å². The summed E-state index contributed by atoms with van der Waals surface area (Å²) in [5.74, 6) is -0.581. The molecule has 1 aromatic carbocycles. The lowest BCUT2D eigenvalue weighted by Crippen LogP contribution is -2.07. The fourth-order valence-corrected chi connectivity index (χ4v) is 2.09. The number of aryl methyl sites for hydroxylation is 1. The van der Waals surface area contributed by atoms with Gasteiger partial charge in [0.15, 0.2) is 5.69 Å². The minimum atomic E-state index is -0.581. The molecule has 0 spiro atoms. The fourth-order valence-electron chi connectivity index (χ4n) is 2.09. The Kier molecular flexibility index (Phi) is 4.06. The zero-order chi connectivity index (χ0) is 17.1. The van der Waals surface area contributed by atoms with Crippen LogP contribution >= 0.6 is 0 Å². The first kappa shape index (κ1) is 15.4. The summed E-state index contributed by atoms with van der Waals surface area (Å²) in [4.78, 5) is 22.3. The maximum absolute atomic E-state index is 12.0. The van der Waals surface area contributed by atoms with Gasteiger partial charge in [0.25, 0.3) is 5.69 Å². The van der Waals surface area contributed by atoms with Crippen molar-refractivity contribution in [2.45, 2.75) is 6.61 Å². The van der Waals surface area contributed by atoms with E-state index in [1.54, 1.807) is 42.5 Å². The van der Waals surface area contributed by atoms with Crippen LogP contribution in [0.15, 0.2) is 48.9 Å². The van der Waals surface area contributed by atoms with Gasteiger partial charge in [0.2, 0.25) is 0 Å². The van der Waals surface area contributed by atoms with Gasteiger partial charge in [-0.25, -0.2) is 9.48 Å². The molecule has 2 aromatic heterocycles. The summed E-state index contributed by atoms with van der Waals surface area (Å²) < 4.78 is 8.16. The molecule has 0 aliphatic rings. The lowest BCUT2D eigenvalue weighted by atomic mass is 10.3. The van der Waals surface area contributed by atoms with E-state index in [0.717, 1.165) is 5.56 Å². The average molecular weight is 327 g/mol. The number of rotatable bonds is 5. The van der Waals surface area contributed by atoms with E-state index in [0.29, 0.717) is 5.69 Å². The first-order valence-electron chi connectivity index (χ1n) is 6.98. The number of nitrogens with zero attached hydrogens (tertiary/aromatic N) is 5. The van der Waals surface area contributed by atoms with Crippen LogP contribution in [0.2, 0.25) is 0 Å². The molecule has 0 fully saturated rings. The number of carbonyl (C=O) groups excluding carboxylic acids is 1. The number of carbonyl (C=O) groups is 1. The van der Waals surface area contributed by atoms with Gasteiger partial charge in [0.1, 0.15) is 6.61 Å². The molecule has 0 aliphatic heterocycles. The number of aromatic nitrogens is 4. The zero-order valence-electron chi connectivity index (χ0n) is 12.7. The van der Waals surface area contributed by atoms with E-state index in [4.69, 9.17) is 4.74 Å². The maximum atomic E-state index is 12.0. The van der Waals surface area contributed by atoms with Crippen LogP contribution in [0, 0.1) is 10.1 Å². The van der Waals surface area contributed by atoms with Crippen molar-refractivity contribution in [2.24, 2.45) is 7.05 Å². The lowest BCUT2D eigenvalue weighted by molar-refractivity contribution is -0.384. The Hall–Kier alpha value is -3.49. The van der Waals surface area contributed by atoms with Gasteiger partial charge in [0.05, 0.1) is 16.8 Å². The molecule has 122 valence electrons. The summed E-state index contributed by atoms with van der Waals surface area (Å²) in [6.07, 6.45) is 4.89. The van der Waals surface area contributed by atoms with Crippen LogP contribution in [0.3, 0.4) is 0 Å². The summed E-state index contributed by atoms with van der Waals surface area (Å²) in [6.45, 7) is 0.0936. The van der Waals surface area contributed by atoms with E-state index in [1.807, 2.05) is 0 Å². The van der Waals surface area contributed by atoms with Crippen molar-refractivity contribution in [1.29, 1.82) is 0 Å². The highest BCUT2D eigenvalue weighted by molar-refractivity contribution is 5.87. The smallest absolute Gasteiger partial charge is 0.359 e. The largest absolute Gasteiger partial charge is 0.456 e. The average Bonchev–Trinajstić information content (AvgIpc) is 3.22. The molecule has 0 saturated heterocycles. The van der Waals surface area contributed by atoms with Crippen molar-refractivity contribution >= 4 is 11.7 Å². The highest BCUT2D eigenvalue weighted by atomic mass is 16.6. The molecule has 0 unspecified atom stereocenters. The van der Waals surface area contributed by atoms with Crippen LogP contribution in [0.1, 0.15) is 16.1 Å². The molecule has 0 atom stereocenters. The van der Waals surface area contributed by atoms with Gasteiger partial charge in [0, 0.05) is 37.1 Å². The number of esters is 1. The van der Waals surface area contributed by atoms with Gasteiger partial charge in [-0.2, -0.15) is 10.2 Å². The second-order valence-corrected chi connectivity index (χ2v) is 5.02. The molecule has 3 rings (SSSR count). The quantitative estimate of drug-likeness (QED) is 0.402. The lowest BCUT2D eigenvalue weighted by Gasteiger charge is -2.02. The molecule has 3 aromatic rings. The van der Waals surface area contributed by atoms with Crippen LogP contribution in [0.4, 0.5) is 5.69 Å². The summed E-state index contributed by atoms with van der Waals surface area (Å²) in [7, 11) is 1.77. The number of benzene rings is 1. The number of non-ortho nitro benzene ring substituents is 1. The van der Waals surface area contributed by atoms with Crippen LogP contribution in [-0.4, -0.2) is 30.5 Å². The topological polar surface area (TPSA) is 105 Å². The minimum absolute atomic E-state index is 0.0521. The molecular weight excluding hydrogens is 314 g/mol. The Balaban J connectivity index is 1.71. The van der Waals surface area contributed by atoms with Gasteiger partial charge >= 0.3 is 5.97 Å². The Morgan fingerprint density at radius 2 is 2.21 bits per heavy atom. The van der Waals surface area contributed by atoms with E-state index in [1.165, 1.54) is 22.9 Å². The Morgan fingerprint density at radius 3 is 2.92 bits per heavy atom. The van der Waals surface area contributed by atoms with Crippen molar-refractivity contribution in [2.75, 3.05) is 0 Å². The summed E-state index contributed by atoms with van der Waals surface area (Å²) in [5, 5.41) is 18.9.